The topological polar surface area (TPSA) is 73.1 Å². The van der Waals surface area contributed by atoms with E-state index >= 15 is 0 Å². The molecule has 0 atom stereocenters. The molecule has 0 amide bonds. The van der Waals surface area contributed by atoms with Crippen molar-refractivity contribution in [2.45, 2.75) is 20.0 Å². The van der Waals surface area contributed by atoms with Gasteiger partial charge in [-0.05, 0) is 19.1 Å². The zero-order chi connectivity index (χ0) is 12.5. The normalized spacial score (nSPS) is 14.3. The Labute approximate surface area is 109 Å². The van der Waals surface area contributed by atoms with Gasteiger partial charge in [0.1, 0.15) is 5.82 Å². The first-order valence-electron chi connectivity index (χ1n) is 5.79. The van der Waals surface area contributed by atoms with Crippen molar-refractivity contribution >= 4 is 17.2 Å². The number of nitrogens with one attached hydrogen (secondary N) is 1. The quantitative estimate of drug-likeness (QED) is 0.638. The molecule has 3 N–H and O–H groups in total. The lowest BCUT2D eigenvalue weighted by molar-refractivity contribution is 0.109. The van der Waals surface area contributed by atoms with Crippen molar-refractivity contribution < 1.29 is 4.74 Å². The highest BCUT2D eigenvalue weighted by molar-refractivity contribution is 7.15. The molecule has 0 saturated carbocycles. The van der Waals surface area contributed by atoms with Crippen LogP contribution in [0, 0.1) is 6.92 Å². The molecule has 94 valence electrons. The number of nitrogens with two attached hydrogens (primary N) is 1. The van der Waals surface area contributed by atoms with Crippen LogP contribution in [0.15, 0.2) is 12.1 Å². The number of anilines is 1. The highest BCUT2D eigenvalue weighted by Crippen LogP contribution is 2.29. The van der Waals surface area contributed by atoms with Crippen LogP contribution in [0.1, 0.15) is 16.1 Å². The van der Waals surface area contributed by atoms with Gasteiger partial charge in [0.25, 0.3) is 0 Å². The van der Waals surface area contributed by atoms with Gasteiger partial charge in [-0.1, -0.05) is 0 Å². The van der Waals surface area contributed by atoms with E-state index < -0.39 is 0 Å². The Hall–Kier alpha value is -1.50. The Kier molecular flexibility index (Phi) is 2.99. The number of aromatic nitrogens is 2. The highest BCUT2D eigenvalue weighted by Gasteiger charge is 2.18. The van der Waals surface area contributed by atoms with Crippen molar-refractivity contribution in [2.24, 2.45) is 5.84 Å². The van der Waals surface area contributed by atoms with Crippen molar-refractivity contribution in [3.8, 4) is 10.7 Å². The largest absolute Gasteiger partial charge is 0.376 e. The van der Waals surface area contributed by atoms with Gasteiger partial charge in [-0.2, -0.15) is 0 Å². The molecule has 3 heterocycles. The second kappa shape index (κ2) is 4.64. The fourth-order valence-corrected chi connectivity index (χ4v) is 2.82. The van der Waals surface area contributed by atoms with Crippen molar-refractivity contribution in [1.82, 2.24) is 9.97 Å². The van der Waals surface area contributed by atoms with Gasteiger partial charge >= 0.3 is 0 Å². The van der Waals surface area contributed by atoms with Gasteiger partial charge in [0.2, 0.25) is 0 Å². The molecule has 2 aromatic rings. The predicted octanol–water partition coefficient (Wildman–Crippen LogP) is 1.87. The molecule has 0 fully saturated rings. The molecule has 1 aliphatic rings. The maximum Gasteiger partial charge on any atom is 0.171 e. The number of nitrogens with zero attached hydrogens (tertiary/aromatic N) is 2. The lowest BCUT2D eigenvalue weighted by atomic mass is 10.1. The van der Waals surface area contributed by atoms with E-state index in [4.69, 9.17) is 10.6 Å². The van der Waals surface area contributed by atoms with Crippen LogP contribution < -0.4 is 11.3 Å². The third-order valence-corrected chi connectivity index (χ3v) is 3.92. The van der Waals surface area contributed by atoms with E-state index in [1.54, 1.807) is 11.3 Å². The van der Waals surface area contributed by atoms with E-state index in [-0.39, 0.29) is 0 Å². The minimum Gasteiger partial charge on any atom is -0.376 e. The number of aryl methyl sites for hydroxylation is 1. The SMILES string of the molecule is Cc1ccc(-c2nc3c(c(NN)n2)COCC3)s1. The third kappa shape index (κ3) is 1.98. The summed E-state index contributed by atoms with van der Waals surface area (Å²) < 4.78 is 5.42. The van der Waals surface area contributed by atoms with Crippen molar-refractivity contribution in [1.29, 1.82) is 0 Å². The molecule has 0 aliphatic carbocycles. The summed E-state index contributed by atoms with van der Waals surface area (Å²) in [6.45, 7) is 3.30. The molecule has 0 saturated heterocycles. The summed E-state index contributed by atoms with van der Waals surface area (Å²) in [5.41, 5.74) is 4.65. The first-order chi connectivity index (χ1) is 8.78. The second-order valence-corrected chi connectivity index (χ2v) is 5.47. The van der Waals surface area contributed by atoms with Gasteiger partial charge in [0, 0.05) is 16.9 Å². The third-order valence-electron chi connectivity index (χ3n) is 2.92. The van der Waals surface area contributed by atoms with Gasteiger partial charge in [-0.15, -0.1) is 11.3 Å². The summed E-state index contributed by atoms with van der Waals surface area (Å²) in [6, 6.07) is 4.11. The molecule has 18 heavy (non-hydrogen) atoms. The van der Waals surface area contributed by atoms with Crippen LogP contribution in [0.3, 0.4) is 0 Å². The average molecular weight is 262 g/mol. The highest BCUT2D eigenvalue weighted by atomic mass is 32.1. The summed E-state index contributed by atoms with van der Waals surface area (Å²) >= 11 is 1.69. The van der Waals surface area contributed by atoms with Crippen LogP contribution in [0.25, 0.3) is 10.7 Å². The molecule has 1 aliphatic heterocycles. The van der Waals surface area contributed by atoms with Gasteiger partial charge in [-0.25, -0.2) is 15.8 Å². The predicted molar refractivity (Wildman–Crippen MR) is 71.3 cm³/mol. The van der Waals surface area contributed by atoms with Crippen molar-refractivity contribution in [3.63, 3.8) is 0 Å². The molecule has 0 unspecified atom stereocenters. The van der Waals surface area contributed by atoms with E-state index in [1.807, 2.05) is 6.07 Å². The fourth-order valence-electron chi connectivity index (χ4n) is 2.02. The number of hydrazine groups is 1. The van der Waals surface area contributed by atoms with Crippen LogP contribution in [0.2, 0.25) is 0 Å². The van der Waals surface area contributed by atoms with Crippen molar-refractivity contribution in [3.05, 3.63) is 28.3 Å². The fraction of sp³-hybridized carbons (Fsp3) is 0.333. The molecule has 0 aromatic carbocycles. The first-order valence-corrected chi connectivity index (χ1v) is 6.60. The number of fused-ring (bicyclic) bond motifs is 1. The van der Waals surface area contributed by atoms with Gasteiger partial charge in [0.05, 0.1) is 23.8 Å². The number of thiophene rings is 1. The van der Waals surface area contributed by atoms with Crippen LogP contribution in [-0.4, -0.2) is 16.6 Å². The maximum atomic E-state index is 5.53. The van der Waals surface area contributed by atoms with E-state index in [1.165, 1.54) is 4.88 Å². The Bertz CT molecular complexity index is 564. The van der Waals surface area contributed by atoms with Gasteiger partial charge in [0.15, 0.2) is 5.82 Å². The number of hydrogen-bond donors (Lipinski definition) is 2. The Balaban J connectivity index is 2.11. The van der Waals surface area contributed by atoms with Crippen molar-refractivity contribution in [2.75, 3.05) is 12.0 Å². The standard InChI is InChI=1S/C12H14N4OS/c1-7-2-3-10(18-7)12-14-9-4-5-17-6-8(9)11(15-12)16-13/h2-3H,4-6,13H2,1H3,(H,14,15,16). The summed E-state index contributed by atoms with van der Waals surface area (Å²) in [7, 11) is 0. The monoisotopic (exact) mass is 262 g/mol. The van der Waals surface area contributed by atoms with E-state index in [0.29, 0.717) is 19.0 Å². The van der Waals surface area contributed by atoms with Gasteiger partial charge in [-0.3, -0.25) is 0 Å². The van der Waals surface area contributed by atoms with Crippen LogP contribution in [-0.2, 0) is 17.8 Å². The molecule has 0 bridgehead atoms. The Morgan fingerprint density at radius 3 is 3.00 bits per heavy atom. The molecule has 0 radical (unpaired) electrons. The lowest BCUT2D eigenvalue weighted by Gasteiger charge is -2.18. The minimum absolute atomic E-state index is 0.526. The van der Waals surface area contributed by atoms with E-state index in [2.05, 4.69) is 28.4 Å². The first kappa shape index (κ1) is 11.6. The smallest absolute Gasteiger partial charge is 0.171 e. The van der Waals surface area contributed by atoms with E-state index in [9.17, 15) is 0 Å². The number of rotatable bonds is 2. The lowest BCUT2D eigenvalue weighted by Crippen LogP contribution is -2.19. The van der Waals surface area contributed by atoms with Crippen LogP contribution in [0.4, 0.5) is 5.82 Å². The van der Waals surface area contributed by atoms with Crippen LogP contribution in [0.5, 0.6) is 0 Å². The molecular weight excluding hydrogens is 248 g/mol. The molecule has 2 aromatic heterocycles. The van der Waals surface area contributed by atoms with Gasteiger partial charge < -0.3 is 10.2 Å². The molecule has 5 nitrogen and oxygen atoms in total. The van der Waals surface area contributed by atoms with Crippen LogP contribution >= 0.6 is 11.3 Å². The molecular formula is C12H14N4OS. The zero-order valence-corrected chi connectivity index (χ0v) is 10.9. The second-order valence-electron chi connectivity index (χ2n) is 4.18. The zero-order valence-electron chi connectivity index (χ0n) is 10.1. The summed E-state index contributed by atoms with van der Waals surface area (Å²) in [4.78, 5) is 11.4. The average Bonchev–Trinajstić information content (AvgIpc) is 2.84. The molecule has 0 spiro atoms. The number of hydrogen-bond acceptors (Lipinski definition) is 6. The summed E-state index contributed by atoms with van der Waals surface area (Å²) in [6.07, 6.45) is 0.809. The summed E-state index contributed by atoms with van der Waals surface area (Å²) in [5.74, 6) is 6.94. The van der Waals surface area contributed by atoms with E-state index in [0.717, 1.165) is 28.4 Å². The Morgan fingerprint density at radius 2 is 2.28 bits per heavy atom. The number of nitrogen functional groups attached to an aromatic ring is 1. The maximum absolute atomic E-state index is 5.53. The molecule has 3 rings (SSSR count). The minimum atomic E-state index is 0.526. The Morgan fingerprint density at radius 1 is 1.39 bits per heavy atom. The number of ether oxygens (including phenoxy) is 1. The summed E-state index contributed by atoms with van der Waals surface area (Å²) in [5, 5.41) is 0. The molecule has 6 heteroatoms.